The van der Waals surface area contributed by atoms with Crippen LogP contribution in [0, 0.1) is 5.92 Å². The number of carbonyl (C=O) groups is 2. The molecule has 1 aliphatic rings. The molecule has 1 amide bonds. The molecule has 0 spiro atoms. The largest absolute Gasteiger partial charge is 0.398 e. The Bertz CT molecular complexity index is 958. The van der Waals surface area contributed by atoms with Crippen molar-refractivity contribution in [2.75, 3.05) is 11.1 Å². The van der Waals surface area contributed by atoms with E-state index in [1.54, 1.807) is 18.2 Å². The average molecular weight is 319 g/mol. The number of fused-ring (bicyclic) bond motifs is 2. The molecule has 5 heteroatoms. The van der Waals surface area contributed by atoms with E-state index in [2.05, 4.69) is 10.3 Å². The maximum atomic E-state index is 12.6. The van der Waals surface area contributed by atoms with Crippen molar-refractivity contribution >= 4 is 34.0 Å². The summed E-state index contributed by atoms with van der Waals surface area (Å²) in [6.07, 6.45) is 2.58. The van der Waals surface area contributed by atoms with Gasteiger partial charge in [0.25, 0.3) is 0 Å². The smallest absolute Gasteiger partial charge is 0.228 e. The number of amides is 1. The second kappa shape index (κ2) is 5.53. The molecule has 4 rings (SSSR count). The number of H-pyrrole nitrogens is 1. The number of anilines is 2. The van der Waals surface area contributed by atoms with Crippen LogP contribution < -0.4 is 11.1 Å². The predicted molar refractivity (Wildman–Crippen MR) is 93.9 cm³/mol. The summed E-state index contributed by atoms with van der Waals surface area (Å²) >= 11 is 0. The number of nitrogen functional groups attached to an aromatic ring is 1. The molecule has 0 bridgehead atoms. The van der Waals surface area contributed by atoms with E-state index in [4.69, 9.17) is 5.73 Å². The van der Waals surface area contributed by atoms with Gasteiger partial charge in [-0.2, -0.15) is 0 Å². The minimum Gasteiger partial charge on any atom is -0.398 e. The first-order valence-electron chi connectivity index (χ1n) is 7.91. The van der Waals surface area contributed by atoms with Gasteiger partial charge in [0.15, 0.2) is 5.78 Å². The molecule has 0 unspecified atom stereocenters. The molecule has 1 atom stereocenters. The molecule has 24 heavy (non-hydrogen) atoms. The van der Waals surface area contributed by atoms with Crippen molar-refractivity contribution in [1.29, 1.82) is 0 Å². The van der Waals surface area contributed by atoms with Crippen molar-refractivity contribution in [3.05, 3.63) is 59.8 Å². The molecule has 0 aliphatic carbocycles. The minimum absolute atomic E-state index is 0.0914. The molecule has 120 valence electrons. The highest BCUT2D eigenvalue weighted by atomic mass is 16.2. The molecule has 0 radical (unpaired) electrons. The number of nitrogens with one attached hydrogen (secondary N) is 2. The molecule has 2 aromatic carbocycles. The third-order valence-corrected chi connectivity index (χ3v) is 4.58. The summed E-state index contributed by atoms with van der Waals surface area (Å²) in [5, 5.41) is 3.94. The van der Waals surface area contributed by atoms with Crippen molar-refractivity contribution in [1.82, 2.24) is 4.98 Å². The van der Waals surface area contributed by atoms with Crippen molar-refractivity contribution in [3.63, 3.8) is 0 Å². The molecule has 0 saturated carbocycles. The van der Waals surface area contributed by atoms with Crippen LogP contribution in [0.4, 0.5) is 11.4 Å². The topological polar surface area (TPSA) is 88.0 Å². The van der Waals surface area contributed by atoms with Gasteiger partial charge in [0, 0.05) is 35.1 Å². The number of carbonyl (C=O) groups excluding carboxylic acids is 2. The molecule has 5 nitrogen and oxygen atoms in total. The summed E-state index contributed by atoms with van der Waals surface area (Å²) in [6, 6.07) is 13.1. The normalized spacial score (nSPS) is 17.4. The van der Waals surface area contributed by atoms with Gasteiger partial charge in [-0.3, -0.25) is 9.59 Å². The highest BCUT2D eigenvalue weighted by Gasteiger charge is 2.30. The highest BCUT2D eigenvalue weighted by molar-refractivity contribution is 6.13. The lowest BCUT2D eigenvalue weighted by Crippen LogP contribution is -2.23. The number of aromatic nitrogens is 1. The van der Waals surface area contributed by atoms with Gasteiger partial charge in [-0.1, -0.05) is 24.3 Å². The predicted octanol–water partition coefficient (Wildman–Crippen LogP) is 3.13. The molecule has 0 fully saturated rings. The number of Topliss-reactive ketones (excluding diaryl/α,β-unsaturated/α-hetero) is 1. The van der Waals surface area contributed by atoms with Crippen molar-refractivity contribution in [2.45, 2.75) is 12.8 Å². The average Bonchev–Trinajstić information content (AvgIpc) is 2.92. The first-order chi connectivity index (χ1) is 11.6. The monoisotopic (exact) mass is 319 g/mol. The third-order valence-electron chi connectivity index (χ3n) is 4.58. The lowest BCUT2D eigenvalue weighted by molar-refractivity contribution is -0.119. The van der Waals surface area contributed by atoms with Crippen LogP contribution in [-0.4, -0.2) is 16.7 Å². The lowest BCUT2D eigenvalue weighted by Gasteiger charge is -2.12. The van der Waals surface area contributed by atoms with Gasteiger partial charge in [-0.25, -0.2) is 0 Å². The van der Waals surface area contributed by atoms with E-state index < -0.39 is 5.92 Å². The second-order valence-corrected chi connectivity index (χ2v) is 6.15. The third kappa shape index (κ3) is 2.34. The highest BCUT2D eigenvalue weighted by Crippen LogP contribution is 2.31. The van der Waals surface area contributed by atoms with Crippen LogP contribution in [0.3, 0.4) is 0 Å². The molecule has 2 heterocycles. The van der Waals surface area contributed by atoms with E-state index in [0.29, 0.717) is 23.4 Å². The number of aromatic amines is 1. The first-order valence-corrected chi connectivity index (χ1v) is 7.91. The molecular formula is C19H17N3O2. The lowest BCUT2D eigenvalue weighted by atomic mass is 9.92. The molecule has 0 saturated heterocycles. The van der Waals surface area contributed by atoms with E-state index in [1.165, 1.54) is 0 Å². The molecule has 3 aromatic rings. The van der Waals surface area contributed by atoms with Gasteiger partial charge >= 0.3 is 0 Å². The van der Waals surface area contributed by atoms with Gasteiger partial charge < -0.3 is 16.0 Å². The number of hydrogen-bond acceptors (Lipinski definition) is 3. The van der Waals surface area contributed by atoms with E-state index in [-0.39, 0.29) is 18.1 Å². The van der Waals surface area contributed by atoms with Crippen LogP contribution in [0.25, 0.3) is 10.9 Å². The van der Waals surface area contributed by atoms with E-state index in [0.717, 1.165) is 16.5 Å². The number of ketones is 1. The summed E-state index contributed by atoms with van der Waals surface area (Å²) in [4.78, 5) is 28.4. The van der Waals surface area contributed by atoms with Gasteiger partial charge in [0.2, 0.25) is 5.91 Å². The van der Waals surface area contributed by atoms with Gasteiger partial charge in [0.05, 0.1) is 11.3 Å². The van der Waals surface area contributed by atoms with Crippen LogP contribution in [0.2, 0.25) is 0 Å². The molecule has 1 aliphatic heterocycles. The zero-order chi connectivity index (χ0) is 16.7. The number of rotatable bonds is 2. The number of para-hydroxylation sites is 1. The van der Waals surface area contributed by atoms with Crippen molar-refractivity contribution in [2.24, 2.45) is 5.92 Å². The fourth-order valence-corrected chi connectivity index (χ4v) is 3.37. The Morgan fingerprint density at radius 1 is 1.08 bits per heavy atom. The zero-order valence-electron chi connectivity index (χ0n) is 13.0. The Labute approximate surface area is 138 Å². The van der Waals surface area contributed by atoms with E-state index in [1.807, 2.05) is 30.5 Å². The maximum absolute atomic E-state index is 12.6. The fourth-order valence-electron chi connectivity index (χ4n) is 3.37. The Morgan fingerprint density at radius 2 is 1.92 bits per heavy atom. The van der Waals surface area contributed by atoms with E-state index in [9.17, 15) is 9.59 Å². The van der Waals surface area contributed by atoms with Crippen molar-refractivity contribution < 1.29 is 9.59 Å². The Hall–Kier alpha value is -3.08. The van der Waals surface area contributed by atoms with Gasteiger partial charge in [-0.15, -0.1) is 0 Å². The number of benzene rings is 2. The summed E-state index contributed by atoms with van der Waals surface area (Å²) < 4.78 is 0. The number of nitrogens with two attached hydrogens (primary N) is 1. The Balaban J connectivity index is 1.67. The van der Waals surface area contributed by atoms with Crippen LogP contribution in [-0.2, 0) is 11.2 Å². The molecule has 1 aromatic heterocycles. The van der Waals surface area contributed by atoms with Crippen LogP contribution in [0.1, 0.15) is 22.3 Å². The molecular weight excluding hydrogens is 302 g/mol. The first kappa shape index (κ1) is 14.5. The summed E-state index contributed by atoms with van der Waals surface area (Å²) in [7, 11) is 0. The molecule has 4 N–H and O–H groups in total. The zero-order valence-corrected chi connectivity index (χ0v) is 13.0. The number of hydrogen-bond donors (Lipinski definition) is 3. The van der Waals surface area contributed by atoms with Crippen LogP contribution in [0.5, 0.6) is 0 Å². The van der Waals surface area contributed by atoms with Gasteiger partial charge in [-0.05, 0) is 30.2 Å². The quantitative estimate of drug-likeness (QED) is 0.634. The SMILES string of the molecule is Nc1cccc2c1C(=O)C[C@@H](Cc1c[nH]c3ccccc13)C(=O)N2. The summed E-state index contributed by atoms with van der Waals surface area (Å²) in [5.41, 5.74) is 9.33. The standard InChI is InChI=1S/C19H17N3O2/c20-14-5-3-7-16-18(14)17(23)9-11(19(24)22-16)8-12-10-21-15-6-2-1-4-13(12)15/h1-7,10-11,21H,8-9,20H2,(H,22,24)/t11-/m1/s1. The fraction of sp³-hybridized carbons (Fsp3) is 0.158. The van der Waals surface area contributed by atoms with Crippen LogP contribution >= 0.6 is 0 Å². The summed E-state index contributed by atoms with van der Waals surface area (Å²) in [6.45, 7) is 0. The van der Waals surface area contributed by atoms with E-state index >= 15 is 0 Å². The Morgan fingerprint density at radius 3 is 2.79 bits per heavy atom. The van der Waals surface area contributed by atoms with Crippen molar-refractivity contribution in [3.8, 4) is 0 Å². The Kier molecular flexibility index (Phi) is 3.34. The maximum Gasteiger partial charge on any atom is 0.228 e. The second-order valence-electron chi connectivity index (χ2n) is 6.15. The van der Waals surface area contributed by atoms with Gasteiger partial charge in [0.1, 0.15) is 0 Å². The summed E-state index contributed by atoms with van der Waals surface area (Å²) in [5.74, 6) is -0.646. The minimum atomic E-state index is -0.413. The van der Waals surface area contributed by atoms with Crippen LogP contribution in [0.15, 0.2) is 48.7 Å².